The zero-order chi connectivity index (χ0) is 25.8. The molecule has 2 atom stereocenters. The van der Waals surface area contributed by atoms with Crippen LogP contribution < -0.4 is 10.3 Å². The SMILES string of the molecule is COC(=O)c1nc([C@@H]2C[C@H](F)CN2CC(=O)c2ccccc2)n(C)c(=O)c1OC(=O)c1ccccc1. The molecule has 1 fully saturated rings. The van der Waals surface area contributed by atoms with Crippen LogP contribution in [0.1, 0.15) is 49.5 Å². The van der Waals surface area contributed by atoms with Gasteiger partial charge in [-0.25, -0.2) is 19.0 Å². The van der Waals surface area contributed by atoms with Crippen molar-refractivity contribution >= 4 is 17.7 Å². The van der Waals surface area contributed by atoms with Crippen LogP contribution in [-0.4, -0.2) is 58.5 Å². The van der Waals surface area contributed by atoms with E-state index >= 15 is 0 Å². The van der Waals surface area contributed by atoms with Gasteiger partial charge in [0.25, 0.3) is 5.56 Å². The van der Waals surface area contributed by atoms with Crippen LogP contribution >= 0.6 is 0 Å². The molecule has 1 saturated heterocycles. The van der Waals surface area contributed by atoms with Gasteiger partial charge in [0, 0.05) is 25.6 Å². The third-order valence-electron chi connectivity index (χ3n) is 5.96. The molecule has 0 aliphatic carbocycles. The van der Waals surface area contributed by atoms with Gasteiger partial charge in [-0.1, -0.05) is 48.5 Å². The lowest BCUT2D eigenvalue weighted by Crippen LogP contribution is -2.36. The Bertz CT molecular complexity index is 1340. The summed E-state index contributed by atoms with van der Waals surface area (Å²) in [5.74, 6) is -2.61. The molecule has 10 heteroatoms. The number of nitrogens with zero attached hydrogens (tertiary/aromatic N) is 3. The molecule has 0 amide bonds. The first-order valence-corrected chi connectivity index (χ1v) is 11.2. The summed E-state index contributed by atoms with van der Waals surface area (Å²) < 4.78 is 25.7. The second-order valence-corrected chi connectivity index (χ2v) is 8.33. The van der Waals surface area contributed by atoms with Gasteiger partial charge in [-0.3, -0.25) is 19.1 Å². The zero-order valence-electron chi connectivity index (χ0n) is 19.7. The highest BCUT2D eigenvalue weighted by Crippen LogP contribution is 2.33. The molecule has 1 aliphatic heterocycles. The number of hydrogen-bond donors (Lipinski definition) is 0. The quantitative estimate of drug-likeness (QED) is 0.365. The number of rotatable bonds is 7. The fourth-order valence-electron chi connectivity index (χ4n) is 4.14. The number of hydrogen-bond acceptors (Lipinski definition) is 8. The van der Waals surface area contributed by atoms with Crippen LogP contribution in [0.15, 0.2) is 65.5 Å². The molecule has 0 bridgehead atoms. The summed E-state index contributed by atoms with van der Waals surface area (Å²) in [6, 6.07) is 15.7. The van der Waals surface area contributed by atoms with Gasteiger partial charge in [-0.05, 0) is 12.1 Å². The lowest BCUT2D eigenvalue weighted by atomic mass is 10.1. The van der Waals surface area contributed by atoms with Crippen molar-refractivity contribution in [1.29, 1.82) is 0 Å². The Morgan fingerprint density at radius 3 is 2.22 bits per heavy atom. The van der Waals surface area contributed by atoms with E-state index in [0.29, 0.717) is 5.56 Å². The van der Waals surface area contributed by atoms with Gasteiger partial charge in [-0.2, -0.15) is 0 Å². The highest BCUT2D eigenvalue weighted by Gasteiger charge is 2.38. The summed E-state index contributed by atoms with van der Waals surface area (Å²) in [7, 11) is 2.48. The number of carbonyl (C=O) groups is 3. The lowest BCUT2D eigenvalue weighted by molar-refractivity contribution is 0.0581. The topological polar surface area (TPSA) is 108 Å². The number of likely N-dealkylation sites (tertiary alicyclic amines) is 1. The van der Waals surface area contributed by atoms with E-state index < -0.39 is 41.2 Å². The van der Waals surface area contributed by atoms with Gasteiger partial charge >= 0.3 is 11.9 Å². The number of esters is 2. The van der Waals surface area contributed by atoms with E-state index in [-0.39, 0.29) is 36.7 Å². The van der Waals surface area contributed by atoms with E-state index in [4.69, 9.17) is 9.47 Å². The van der Waals surface area contributed by atoms with Crippen LogP contribution in [0.5, 0.6) is 5.75 Å². The fraction of sp³-hybridized carbons (Fsp3) is 0.269. The molecule has 9 nitrogen and oxygen atoms in total. The molecule has 4 rings (SSSR count). The maximum absolute atomic E-state index is 14.5. The van der Waals surface area contributed by atoms with Gasteiger partial charge in [0.1, 0.15) is 12.0 Å². The molecule has 3 aromatic rings. The monoisotopic (exact) mass is 493 g/mol. The summed E-state index contributed by atoms with van der Waals surface area (Å²) >= 11 is 0. The summed E-state index contributed by atoms with van der Waals surface area (Å²) in [6.45, 7) is -0.152. The molecular weight excluding hydrogens is 469 g/mol. The Morgan fingerprint density at radius 1 is 1.00 bits per heavy atom. The van der Waals surface area contributed by atoms with Crippen LogP contribution in [-0.2, 0) is 11.8 Å². The van der Waals surface area contributed by atoms with Crippen molar-refractivity contribution in [2.45, 2.75) is 18.6 Å². The lowest BCUT2D eigenvalue weighted by Gasteiger charge is -2.25. The molecule has 0 saturated carbocycles. The number of halogens is 1. The third-order valence-corrected chi connectivity index (χ3v) is 5.96. The van der Waals surface area contributed by atoms with E-state index in [1.54, 1.807) is 53.4 Å². The molecule has 0 N–H and O–H groups in total. The van der Waals surface area contributed by atoms with Crippen LogP contribution in [0.2, 0.25) is 0 Å². The Morgan fingerprint density at radius 2 is 1.61 bits per heavy atom. The van der Waals surface area contributed by atoms with E-state index in [0.717, 1.165) is 11.7 Å². The minimum absolute atomic E-state index is 0.0356. The average molecular weight is 493 g/mol. The number of ketones is 1. The number of Topliss-reactive ketones (excluding diaryl/α,β-unsaturated/α-hetero) is 1. The maximum atomic E-state index is 14.5. The van der Waals surface area contributed by atoms with Crippen LogP contribution in [0, 0.1) is 0 Å². The number of benzene rings is 2. The molecule has 186 valence electrons. The van der Waals surface area contributed by atoms with Crippen molar-refractivity contribution < 1.29 is 28.2 Å². The number of methoxy groups -OCH3 is 1. The molecule has 0 unspecified atom stereocenters. The second-order valence-electron chi connectivity index (χ2n) is 8.33. The second kappa shape index (κ2) is 10.6. The van der Waals surface area contributed by atoms with Crippen LogP contribution in [0.25, 0.3) is 0 Å². The van der Waals surface area contributed by atoms with Crippen molar-refractivity contribution in [3.63, 3.8) is 0 Å². The van der Waals surface area contributed by atoms with Crippen molar-refractivity contribution in [1.82, 2.24) is 14.5 Å². The zero-order valence-corrected chi connectivity index (χ0v) is 19.7. The number of aromatic nitrogens is 2. The molecule has 2 aromatic carbocycles. The van der Waals surface area contributed by atoms with E-state index in [9.17, 15) is 23.6 Å². The standard InChI is InChI=1S/C26H24FN3O6/c1-29-23(19-13-18(27)14-30(19)15-20(31)16-9-5-3-6-10-16)28-21(26(34)35-2)22(24(29)32)36-25(33)17-11-7-4-8-12-17/h3-12,18-19H,13-15H2,1-2H3/t18-,19-/m0/s1. The third kappa shape index (κ3) is 5.08. The number of carbonyl (C=O) groups excluding carboxylic acids is 3. The summed E-state index contributed by atoms with van der Waals surface area (Å²) in [5, 5.41) is 0. The van der Waals surface area contributed by atoms with Crippen molar-refractivity contribution in [3.05, 3.63) is 93.7 Å². The first kappa shape index (κ1) is 24.9. The van der Waals surface area contributed by atoms with Gasteiger partial charge in [0.15, 0.2) is 11.5 Å². The predicted octanol–water partition coefficient (Wildman–Crippen LogP) is 2.75. The van der Waals surface area contributed by atoms with Crippen LogP contribution in [0.3, 0.4) is 0 Å². The summed E-state index contributed by atoms with van der Waals surface area (Å²) in [6.07, 6.45) is -1.31. The van der Waals surface area contributed by atoms with Gasteiger partial charge in [0.05, 0.1) is 25.3 Å². The number of alkyl halides is 1. The van der Waals surface area contributed by atoms with E-state index in [1.165, 1.54) is 19.2 Å². The first-order valence-electron chi connectivity index (χ1n) is 11.2. The van der Waals surface area contributed by atoms with Gasteiger partial charge in [0.2, 0.25) is 5.75 Å². The van der Waals surface area contributed by atoms with Gasteiger partial charge < -0.3 is 9.47 Å². The normalized spacial score (nSPS) is 17.5. The van der Waals surface area contributed by atoms with Crippen molar-refractivity contribution in [2.24, 2.45) is 7.05 Å². The van der Waals surface area contributed by atoms with E-state index in [1.807, 2.05) is 0 Å². The minimum atomic E-state index is -1.27. The number of ether oxygens (including phenoxy) is 2. The Hall–Kier alpha value is -4.18. The Balaban J connectivity index is 1.71. The van der Waals surface area contributed by atoms with E-state index in [2.05, 4.69) is 4.98 Å². The molecule has 0 spiro atoms. The Labute approximate surface area is 206 Å². The molecule has 0 radical (unpaired) electrons. The van der Waals surface area contributed by atoms with Crippen LogP contribution in [0.4, 0.5) is 4.39 Å². The molecule has 2 heterocycles. The molecule has 1 aliphatic rings. The molecular formula is C26H24FN3O6. The summed E-state index contributed by atoms with van der Waals surface area (Å²) in [4.78, 5) is 57.0. The molecule has 36 heavy (non-hydrogen) atoms. The smallest absolute Gasteiger partial charge is 0.360 e. The first-order chi connectivity index (χ1) is 17.3. The minimum Gasteiger partial charge on any atom is -0.464 e. The maximum Gasteiger partial charge on any atom is 0.360 e. The van der Waals surface area contributed by atoms with Crippen molar-refractivity contribution in [3.8, 4) is 5.75 Å². The molecule has 1 aromatic heterocycles. The fourth-order valence-corrected chi connectivity index (χ4v) is 4.14. The highest BCUT2D eigenvalue weighted by molar-refractivity contribution is 5.97. The largest absolute Gasteiger partial charge is 0.464 e. The van der Waals surface area contributed by atoms with Crippen molar-refractivity contribution in [2.75, 3.05) is 20.2 Å². The van der Waals surface area contributed by atoms with Gasteiger partial charge in [-0.15, -0.1) is 0 Å². The summed E-state index contributed by atoms with van der Waals surface area (Å²) in [5.41, 5.74) is -0.683. The Kier molecular flexibility index (Phi) is 7.35. The predicted molar refractivity (Wildman–Crippen MR) is 127 cm³/mol. The average Bonchev–Trinajstić information content (AvgIpc) is 3.26. The highest BCUT2D eigenvalue weighted by atomic mass is 19.1.